The molecular formula is C34H32O12. The molecule has 6 fully saturated rings. The number of ketones is 1. The van der Waals surface area contributed by atoms with E-state index in [1.54, 1.807) is 30.3 Å². The van der Waals surface area contributed by atoms with Crippen LogP contribution < -0.4 is 0 Å². The number of ether oxygens (including phenoxy) is 5. The Kier molecular flexibility index (Phi) is 5.61. The second-order valence-corrected chi connectivity index (χ2v) is 14.3. The maximum absolute atomic E-state index is 13.9. The van der Waals surface area contributed by atoms with Crippen LogP contribution in [0.1, 0.15) is 60.4 Å². The first-order valence-corrected chi connectivity index (χ1v) is 15.3. The molecule has 11 atom stereocenters. The van der Waals surface area contributed by atoms with Crippen molar-refractivity contribution in [2.24, 2.45) is 28.1 Å². The first-order valence-electron chi connectivity index (χ1n) is 15.3. The molecule has 4 aliphatic heterocycles. The fourth-order valence-electron chi connectivity index (χ4n) is 9.93. The smallest absolute Gasteiger partial charge is 0.350 e. The number of hydrogen-bond donors (Lipinski definition) is 2. The molecule has 12 nitrogen and oxygen atoms in total. The maximum Gasteiger partial charge on any atom is 0.350 e. The van der Waals surface area contributed by atoms with Crippen molar-refractivity contribution in [1.29, 1.82) is 0 Å². The fraction of sp³-hybridized carbons (Fsp3) is 0.500. The minimum atomic E-state index is -2.37. The molecule has 0 radical (unpaired) electrons. The first kappa shape index (κ1) is 29.3. The number of carbonyl (C=O) groups excluding carboxylic acids is 5. The number of aliphatic hydroxyl groups excluding tert-OH is 1. The van der Waals surface area contributed by atoms with Crippen LogP contribution in [0.5, 0.6) is 0 Å². The van der Waals surface area contributed by atoms with E-state index in [4.69, 9.17) is 23.7 Å². The van der Waals surface area contributed by atoms with Gasteiger partial charge in [-0.1, -0.05) is 63.2 Å². The Morgan fingerprint density at radius 2 is 1.52 bits per heavy atom. The summed E-state index contributed by atoms with van der Waals surface area (Å²) >= 11 is 0. The van der Waals surface area contributed by atoms with Gasteiger partial charge in [-0.3, -0.25) is 9.59 Å². The van der Waals surface area contributed by atoms with Crippen LogP contribution in [0, 0.1) is 28.1 Å². The summed E-state index contributed by atoms with van der Waals surface area (Å²) in [6.45, 7) is 7.06. The van der Waals surface area contributed by atoms with Gasteiger partial charge in [0.05, 0.1) is 22.3 Å². The molecule has 8 rings (SSSR count). The fourth-order valence-corrected chi connectivity index (χ4v) is 9.93. The number of esters is 4. The van der Waals surface area contributed by atoms with E-state index >= 15 is 0 Å². The number of aliphatic hydroxyl groups is 2. The average molecular weight is 633 g/mol. The van der Waals surface area contributed by atoms with Crippen LogP contribution >= 0.6 is 0 Å². The zero-order valence-electron chi connectivity index (χ0n) is 25.4. The van der Waals surface area contributed by atoms with Crippen molar-refractivity contribution in [1.82, 2.24) is 0 Å². The third-order valence-corrected chi connectivity index (χ3v) is 11.6. The van der Waals surface area contributed by atoms with Gasteiger partial charge in [0.1, 0.15) is 12.2 Å². The van der Waals surface area contributed by atoms with Gasteiger partial charge >= 0.3 is 23.9 Å². The van der Waals surface area contributed by atoms with Crippen LogP contribution in [0.3, 0.4) is 0 Å². The summed E-state index contributed by atoms with van der Waals surface area (Å²) in [5, 5.41) is 24.5. The van der Waals surface area contributed by atoms with Gasteiger partial charge in [0.25, 0.3) is 0 Å². The summed E-state index contributed by atoms with van der Waals surface area (Å²) in [6, 6.07) is 14.4. The molecule has 46 heavy (non-hydrogen) atoms. The van der Waals surface area contributed by atoms with Gasteiger partial charge in [0, 0.05) is 11.1 Å². The third kappa shape index (κ3) is 2.91. The predicted molar refractivity (Wildman–Crippen MR) is 152 cm³/mol. The molecule has 4 saturated heterocycles. The van der Waals surface area contributed by atoms with E-state index in [2.05, 4.69) is 0 Å². The third-order valence-electron chi connectivity index (χ3n) is 11.6. The number of rotatable bonds is 4. The molecule has 2 saturated carbocycles. The van der Waals surface area contributed by atoms with Crippen LogP contribution in [0.2, 0.25) is 0 Å². The summed E-state index contributed by atoms with van der Waals surface area (Å²) in [7, 11) is 0. The van der Waals surface area contributed by atoms with Crippen LogP contribution in [-0.2, 0) is 38.1 Å². The van der Waals surface area contributed by atoms with Crippen molar-refractivity contribution < 1.29 is 57.9 Å². The van der Waals surface area contributed by atoms with Gasteiger partial charge in [0.2, 0.25) is 18.0 Å². The summed E-state index contributed by atoms with van der Waals surface area (Å²) in [5.41, 5.74) is -8.19. The minimum absolute atomic E-state index is 0.0329. The van der Waals surface area contributed by atoms with Crippen molar-refractivity contribution in [3.8, 4) is 0 Å². The predicted octanol–water partition coefficient (Wildman–Crippen LogP) is 1.73. The Balaban J connectivity index is 1.23. The molecule has 6 aliphatic rings. The van der Waals surface area contributed by atoms with Gasteiger partial charge < -0.3 is 33.9 Å². The molecule has 0 bridgehead atoms. The molecule has 2 aromatic carbocycles. The standard InChI is InChI=1S/C34H32O12/c1-15-25(37)43-23-22(36)32-20-14-19(30(2,3)4)31(32)24(27(39)45-29(31)46-34(32,28(40)42-20)33(15,23)41)44-26(38)18-12-10-17(11-13-18)21(35)16-8-6-5-7-9-16/h5-13,15,19-20,22-24,29,36,41H,14H2,1-4H3/t15-,19+,20?,22+,23?,24+,29?,31?,32+,33+,34?/m1/s1. The van der Waals surface area contributed by atoms with E-state index < -0.39 is 93.9 Å². The molecule has 5 unspecified atom stereocenters. The zero-order valence-corrected chi connectivity index (χ0v) is 25.4. The molecular weight excluding hydrogens is 600 g/mol. The summed E-state index contributed by atoms with van der Waals surface area (Å²) in [4.78, 5) is 67.1. The molecule has 0 aromatic heterocycles. The lowest BCUT2D eigenvalue weighted by Crippen LogP contribution is -2.67. The molecule has 0 amide bonds. The highest BCUT2D eigenvalue weighted by atomic mass is 16.8. The Morgan fingerprint density at radius 3 is 2.17 bits per heavy atom. The van der Waals surface area contributed by atoms with Gasteiger partial charge in [0.15, 0.2) is 17.5 Å². The lowest BCUT2D eigenvalue weighted by atomic mass is 9.51. The van der Waals surface area contributed by atoms with Crippen LogP contribution in [-0.4, -0.2) is 81.8 Å². The van der Waals surface area contributed by atoms with E-state index in [1.165, 1.54) is 31.2 Å². The molecule has 2 spiro atoms. The van der Waals surface area contributed by atoms with E-state index in [1.807, 2.05) is 20.8 Å². The summed E-state index contributed by atoms with van der Waals surface area (Å²) in [6.07, 6.45) is -7.54. The lowest BCUT2D eigenvalue weighted by molar-refractivity contribution is -0.239. The first-order chi connectivity index (χ1) is 21.7. The Bertz CT molecular complexity index is 1730. The molecule has 4 heterocycles. The van der Waals surface area contributed by atoms with Crippen molar-refractivity contribution in [3.05, 3.63) is 71.3 Å². The van der Waals surface area contributed by atoms with Crippen LogP contribution in [0.25, 0.3) is 0 Å². The van der Waals surface area contributed by atoms with Gasteiger partial charge in [-0.2, -0.15) is 0 Å². The van der Waals surface area contributed by atoms with E-state index in [0.29, 0.717) is 11.1 Å². The maximum atomic E-state index is 13.9. The van der Waals surface area contributed by atoms with Gasteiger partial charge in [-0.15, -0.1) is 0 Å². The minimum Gasteiger partial charge on any atom is -0.459 e. The van der Waals surface area contributed by atoms with Crippen molar-refractivity contribution in [2.75, 3.05) is 0 Å². The van der Waals surface area contributed by atoms with Crippen molar-refractivity contribution in [3.63, 3.8) is 0 Å². The Hall–Kier alpha value is -4.13. The van der Waals surface area contributed by atoms with Crippen LogP contribution in [0.15, 0.2) is 54.6 Å². The highest BCUT2D eigenvalue weighted by Crippen LogP contribution is 2.84. The molecule has 12 heteroatoms. The number of benzene rings is 2. The Morgan fingerprint density at radius 1 is 0.891 bits per heavy atom. The molecule has 240 valence electrons. The van der Waals surface area contributed by atoms with E-state index in [0.717, 1.165) is 0 Å². The molecule has 2 aromatic rings. The molecule has 2 aliphatic carbocycles. The number of hydrogen-bond acceptors (Lipinski definition) is 12. The zero-order chi connectivity index (χ0) is 32.8. The van der Waals surface area contributed by atoms with E-state index in [-0.39, 0.29) is 17.8 Å². The van der Waals surface area contributed by atoms with Crippen molar-refractivity contribution >= 4 is 29.7 Å². The quantitative estimate of drug-likeness (QED) is 0.285. The summed E-state index contributed by atoms with van der Waals surface area (Å²) in [5.74, 6) is -5.89. The highest BCUT2D eigenvalue weighted by Gasteiger charge is 3.04. The number of carbonyl (C=O) groups is 5. The molecule has 2 N–H and O–H groups in total. The van der Waals surface area contributed by atoms with E-state index in [9.17, 15) is 34.2 Å². The van der Waals surface area contributed by atoms with Crippen molar-refractivity contribution in [2.45, 2.75) is 76.0 Å². The highest BCUT2D eigenvalue weighted by molar-refractivity contribution is 6.09. The van der Waals surface area contributed by atoms with Gasteiger partial charge in [-0.05, 0) is 36.8 Å². The largest absolute Gasteiger partial charge is 0.459 e. The summed E-state index contributed by atoms with van der Waals surface area (Å²) < 4.78 is 29.5. The number of fused-ring (bicyclic) bond motifs is 1. The van der Waals surface area contributed by atoms with Gasteiger partial charge in [-0.25, -0.2) is 14.4 Å². The Labute approximate surface area is 262 Å². The lowest BCUT2D eigenvalue weighted by Gasteiger charge is -2.48. The average Bonchev–Trinajstić information content (AvgIpc) is 3.75. The normalized spacial score (nSPS) is 42.9. The SMILES string of the molecule is C[C@@H]1C(=O)OC2[C@H](O)[C@@]34C5C[C@@H](C(C)(C)C)C36C(OC(=O)[C@@H]6OC(=O)c3ccc(C(=O)c6ccccc6)cc3)OC4(C(=O)O5)[C@@]21O. The monoisotopic (exact) mass is 632 g/mol. The topological polar surface area (TPSA) is 172 Å². The second-order valence-electron chi connectivity index (χ2n) is 14.3. The van der Waals surface area contributed by atoms with Crippen LogP contribution in [0.4, 0.5) is 0 Å². The second kappa shape index (κ2) is 8.81.